The number of halogens is 1. The molecule has 2 saturated carbocycles. The Bertz CT molecular complexity index is 1420. The predicted molar refractivity (Wildman–Crippen MR) is 224 cm³/mol. The molecule has 4 rings (SSSR count). The van der Waals surface area contributed by atoms with E-state index in [2.05, 4.69) is 14.5 Å². The zero-order chi connectivity index (χ0) is 43.5. The van der Waals surface area contributed by atoms with Crippen LogP contribution in [0.15, 0.2) is 48.5 Å². The van der Waals surface area contributed by atoms with Crippen LogP contribution < -0.4 is 4.74 Å². The van der Waals surface area contributed by atoms with Gasteiger partial charge in [-0.15, -0.1) is 0 Å². The van der Waals surface area contributed by atoms with Crippen LogP contribution in [0.5, 0.6) is 11.5 Å². The zero-order valence-corrected chi connectivity index (χ0v) is 38.4. The van der Waals surface area contributed by atoms with E-state index in [-0.39, 0.29) is 60.9 Å². The normalized spacial score (nSPS) is 17.3. The molecule has 0 bridgehead atoms. The molecule has 1 radical (unpaired) electrons. The van der Waals surface area contributed by atoms with Gasteiger partial charge in [0, 0.05) is 43.5 Å². The summed E-state index contributed by atoms with van der Waals surface area (Å²) >= 11 is 5.16. The minimum atomic E-state index is -0.646. The molecule has 0 heterocycles. The second-order valence-corrected chi connectivity index (χ2v) is 18.1. The van der Waals surface area contributed by atoms with Crippen molar-refractivity contribution in [3.63, 3.8) is 0 Å². The molecule has 11 nitrogen and oxygen atoms in total. The van der Waals surface area contributed by atoms with Crippen LogP contribution in [0.4, 0.5) is 0 Å². The molecule has 0 saturated heterocycles. The van der Waals surface area contributed by atoms with Crippen LogP contribution in [-0.2, 0) is 37.6 Å². The van der Waals surface area contributed by atoms with E-state index in [0.29, 0.717) is 5.75 Å². The van der Waals surface area contributed by atoms with Crippen LogP contribution in [0.2, 0.25) is 0 Å². The molecule has 13 heteroatoms. The maximum absolute atomic E-state index is 11.8. The first-order chi connectivity index (χ1) is 26.6. The number of hydrogen-bond donors (Lipinski definition) is 3. The van der Waals surface area contributed by atoms with Gasteiger partial charge in [-0.2, -0.15) is 0 Å². The summed E-state index contributed by atoms with van der Waals surface area (Å²) in [6.07, 6.45) is 10.3. The van der Waals surface area contributed by atoms with E-state index in [1.165, 1.54) is 12.8 Å². The fourth-order valence-electron chi connectivity index (χ4n) is 7.06. The summed E-state index contributed by atoms with van der Waals surface area (Å²) in [6.45, 7) is 12.3. The number of ether oxygens (including phenoxy) is 3. The van der Waals surface area contributed by atoms with Crippen LogP contribution in [0.25, 0.3) is 0 Å². The second kappa shape index (κ2) is 25.3. The number of esters is 2. The molecule has 0 amide bonds. The van der Waals surface area contributed by atoms with Gasteiger partial charge in [0.05, 0.1) is 22.0 Å². The summed E-state index contributed by atoms with van der Waals surface area (Å²) in [5.74, 6) is 0.564. The third-order valence-corrected chi connectivity index (χ3v) is 10.3. The molecule has 57 heavy (non-hydrogen) atoms. The van der Waals surface area contributed by atoms with Crippen LogP contribution in [-0.4, -0.2) is 108 Å². The molecule has 2 fully saturated rings. The summed E-state index contributed by atoms with van der Waals surface area (Å²) in [5.41, 5.74) is 6.27. The van der Waals surface area contributed by atoms with E-state index in [4.69, 9.17) is 28.0 Å². The number of phenols is 1. The number of rotatable bonds is 12. The first kappa shape index (κ1) is 52.7. The predicted octanol–water partition coefficient (Wildman–Crippen LogP) is 7.63. The van der Waals surface area contributed by atoms with Crippen molar-refractivity contribution in [2.75, 3.05) is 54.1 Å². The molecule has 0 aromatic heterocycles. The Morgan fingerprint density at radius 3 is 1.37 bits per heavy atom. The molecule has 2 aliphatic carbocycles. The van der Waals surface area contributed by atoms with Crippen molar-refractivity contribution < 1.29 is 64.6 Å². The Hall–Kier alpha value is -2.35. The first-order valence-corrected chi connectivity index (χ1v) is 20.3. The average molecular weight is 861 g/mol. The summed E-state index contributed by atoms with van der Waals surface area (Å²) in [6, 6.07) is 15.0. The van der Waals surface area contributed by atoms with Crippen molar-refractivity contribution in [1.82, 2.24) is 9.80 Å². The fourth-order valence-corrected chi connectivity index (χ4v) is 7.16. The maximum atomic E-state index is 11.8. The van der Waals surface area contributed by atoms with Gasteiger partial charge in [0.15, 0.2) is 6.07 Å². The molecule has 0 spiro atoms. The van der Waals surface area contributed by atoms with E-state index in [1.807, 2.05) is 85.4 Å². The topological polar surface area (TPSA) is 160 Å². The number of carbonyl (C=O) groups is 2. The number of benzene rings is 2. The van der Waals surface area contributed by atoms with Crippen LogP contribution in [0.3, 0.4) is 0 Å². The molecular weight excluding hydrogens is 787 g/mol. The van der Waals surface area contributed by atoms with E-state index < -0.39 is 22.0 Å². The molecule has 0 aliphatic heterocycles. The zero-order valence-electron chi connectivity index (χ0n) is 37.2. The van der Waals surface area contributed by atoms with Gasteiger partial charge in [0.2, 0.25) is 8.22 Å². The Labute approximate surface area is 361 Å². The first-order valence-electron chi connectivity index (χ1n) is 20.2. The van der Waals surface area contributed by atoms with Crippen molar-refractivity contribution in [2.45, 2.75) is 129 Å². The van der Waals surface area contributed by atoms with Crippen molar-refractivity contribution in [2.24, 2.45) is 10.8 Å². The molecular formula is C44H73ClN2O9V. The molecule has 2 unspecified atom stereocenters. The van der Waals surface area contributed by atoms with E-state index >= 15 is 0 Å². The van der Waals surface area contributed by atoms with E-state index in [0.717, 1.165) is 75.6 Å². The number of nitrogens with zero attached hydrogens (tertiary/aromatic N) is 2. The third kappa shape index (κ3) is 19.1. The van der Waals surface area contributed by atoms with Crippen molar-refractivity contribution in [3.05, 3.63) is 59.7 Å². The average Bonchev–Trinajstić information content (AvgIpc) is 3.15. The van der Waals surface area contributed by atoms with Crippen LogP contribution in [0, 0.1) is 10.8 Å². The van der Waals surface area contributed by atoms with Gasteiger partial charge < -0.3 is 44.8 Å². The van der Waals surface area contributed by atoms with Crippen molar-refractivity contribution >= 4 is 23.5 Å². The second-order valence-electron chi connectivity index (χ2n) is 17.9. The third-order valence-electron chi connectivity index (χ3n) is 10.2. The minimum absolute atomic E-state index is 0. The maximum Gasteiger partial charge on any atom is 0.314 e. The molecule has 5 N–H and O–H groups in total. The Morgan fingerprint density at radius 1 is 0.702 bits per heavy atom. The number of phenolic OH excluding ortho intramolecular Hbond substituents is 1. The Morgan fingerprint density at radius 2 is 1.05 bits per heavy atom. The van der Waals surface area contributed by atoms with Gasteiger partial charge in [-0.1, -0.05) is 74.4 Å². The number of aliphatic hydroxyl groups is 2. The summed E-state index contributed by atoms with van der Waals surface area (Å²) < 4.78 is 20.0. The van der Waals surface area contributed by atoms with Crippen molar-refractivity contribution in [3.8, 4) is 11.5 Å². The van der Waals surface area contributed by atoms with Gasteiger partial charge in [-0.3, -0.25) is 9.59 Å². The molecule has 2 atom stereocenters. The molecule has 2 aromatic carbocycles. The Kier molecular flexibility index (Phi) is 23.4. The van der Waals surface area contributed by atoms with Gasteiger partial charge in [-0.05, 0) is 131 Å². The Balaban J connectivity index is 0.000000910. The van der Waals surface area contributed by atoms with E-state index in [9.17, 15) is 24.9 Å². The molecule has 2 aliphatic rings. The van der Waals surface area contributed by atoms with Crippen LogP contribution >= 0.6 is 11.6 Å². The smallest absolute Gasteiger partial charge is 0.314 e. The number of likely N-dealkylation sites (N-methyl/N-ethyl adjacent to an activating group) is 2. The SMILES string of the molecule is CC(C)(C)C(=O)OCCl.CN(C)CC(c1ccc(O)cc1)C1(O)CCCCC1.CN(C)CC(c1ccc(OCOC(=O)C(C)(C)C)cc1)C1(O)CCCCC1.[2H]O.[V]. The monoisotopic (exact) mass is 860 g/mol. The minimum Gasteiger partial charge on any atom is -0.508 e. The largest absolute Gasteiger partial charge is 0.508 e. The number of carbonyl (C=O) groups excluding carboxylic acids is 2. The summed E-state index contributed by atoms with van der Waals surface area (Å²) in [5, 5.41) is 31.7. The number of alkyl halides is 1. The summed E-state index contributed by atoms with van der Waals surface area (Å²) in [4.78, 5) is 26.8. The van der Waals surface area contributed by atoms with Gasteiger partial charge in [0.25, 0.3) is 0 Å². The standard InChI is InChI=1S/C22H35NO4.C16H25NO2.C6H11ClO2.H2O.V/c1-21(2,3)20(24)27-16-26-18-11-9-17(10-12-18)19(15-23(4)5)22(25)13-7-6-8-14-22;1-17(2)12-15(13-6-8-14(18)9-7-13)16(19)10-4-3-5-11-16;1-6(2,3)5(8)9-4-7;;/h9-12,19,25H,6-8,13-16H2,1-5H3;6-9,15,18-19H,3-5,10-12H2,1-2H3;4H2,1-3H3;1H2;/i/hD. The summed E-state index contributed by atoms with van der Waals surface area (Å²) in [7, 11) is 8.17. The number of aromatic hydroxyl groups is 1. The molecule has 2 aromatic rings. The number of hydrogen-bond acceptors (Lipinski definition) is 10. The fraction of sp³-hybridized carbons (Fsp3) is 0.682. The van der Waals surface area contributed by atoms with E-state index in [1.54, 1.807) is 32.9 Å². The molecule has 325 valence electrons. The van der Waals surface area contributed by atoms with Gasteiger partial charge in [-0.25, -0.2) is 0 Å². The quantitative estimate of drug-likeness (QED) is 0.110. The van der Waals surface area contributed by atoms with Crippen molar-refractivity contribution in [1.29, 1.82) is 0 Å². The van der Waals surface area contributed by atoms with Crippen LogP contribution in [0.1, 0.15) is 130 Å². The van der Waals surface area contributed by atoms with Gasteiger partial charge in [0.1, 0.15) is 11.5 Å². The van der Waals surface area contributed by atoms with Gasteiger partial charge >= 0.3 is 11.9 Å².